The summed E-state index contributed by atoms with van der Waals surface area (Å²) in [7, 11) is 1.31. The van der Waals surface area contributed by atoms with Crippen LogP contribution in [0.1, 0.15) is 34.1 Å². The van der Waals surface area contributed by atoms with Crippen LogP contribution in [-0.4, -0.2) is 24.0 Å². The minimum atomic E-state index is -0.469. The number of ether oxygens (including phenoxy) is 2. The molecule has 156 valence electrons. The average Bonchev–Trinajstić information content (AvgIpc) is 3.18. The molecule has 0 bridgehead atoms. The zero-order valence-electron chi connectivity index (χ0n) is 17.1. The van der Waals surface area contributed by atoms with Crippen molar-refractivity contribution in [1.82, 2.24) is 4.98 Å². The molecule has 0 atom stereocenters. The highest BCUT2D eigenvalue weighted by molar-refractivity contribution is 7.14. The summed E-state index contributed by atoms with van der Waals surface area (Å²) >= 11 is 7.57. The summed E-state index contributed by atoms with van der Waals surface area (Å²) in [6, 6.07) is 10.5. The van der Waals surface area contributed by atoms with Gasteiger partial charge in [0.2, 0.25) is 5.91 Å². The minimum absolute atomic E-state index is 0.119. The molecule has 0 radical (unpaired) electrons. The van der Waals surface area contributed by atoms with E-state index in [9.17, 15) is 9.59 Å². The van der Waals surface area contributed by atoms with Crippen molar-refractivity contribution >= 4 is 45.6 Å². The van der Waals surface area contributed by atoms with E-state index >= 15 is 0 Å². The Morgan fingerprint density at radius 2 is 1.97 bits per heavy atom. The summed E-state index contributed by atoms with van der Waals surface area (Å²) in [5, 5.41) is 2.71. The number of methoxy groups -OCH3 is 1. The Bertz CT molecular complexity index is 1100. The monoisotopic (exact) mass is 444 g/mol. The predicted octanol–water partition coefficient (Wildman–Crippen LogP) is 5.46. The maximum atomic E-state index is 12.4. The molecule has 0 saturated heterocycles. The third-order valence-corrected chi connectivity index (χ3v) is 5.76. The van der Waals surface area contributed by atoms with Gasteiger partial charge in [0, 0.05) is 12.3 Å². The zero-order chi connectivity index (χ0) is 21.8. The molecule has 0 aliphatic rings. The Kier molecular flexibility index (Phi) is 6.74. The van der Waals surface area contributed by atoms with E-state index in [1.54, 1.807) is 17.0 Å². The third-order valence-electron chi connectivity index (χ3n) is 4.59. The number of amides is 1. The molecule has 0 aliphatic heterocycles. The molecule has 8 heteroatoms. The van der Waals surface area contributed by atoms with Gasteiger partial charge in [-0.3, -0.25) is 9.69 Å². The summed E-state index contributed by atoms with van der Waals surface area (Å²) < 4.78 is 10.4. The molecule has 1 aromatic heterocycles. The predicted molar refractivity (Wildman–Crippen MR) is 118 cm³/mol. The smallest absolute Gasteiger partial charge is 0.337 e. The summed E-state index contributed by atoms with van der Waals surface area (Å²) in [5.74, 6) is -0.160. The van der Waals surface area contributed by atoms with Gasteiger partial charge in [-0.1, -0.05) is 23.7 Å². The third kappa shape index (κ3) is 4.63. The van der Waals surface area contributed by atoms with Crippen LogP contribution in [0.3, 0.4) is 0 Å². The lowest BCUT2D eigenvalue weighted by atomic mass is 10.1. The van der Waals surface area contributed by atoms with Crippen LogP contribution < -0.4 is 9.64 Å². The molecule has 0 unspecified atom stereocenters. The van der Waals surface area contributed by atoms with Crippen molar-refractivity contribution in [2.24, 2.45) is 0 Å². The molecule has 30 heavy (non-hydrogen) atoms. The molecule has 6 nitrogen and oxygen atoms in total. The Morgan fingerprint density at radius 3 is 2.63 bits per heavy atom. The standard InChI is InChI=1S/C22H21ClN2O4S/c1-13-6-5-7-19(14(13)2)25(15(3)26)22-24-17(12-30-22)11-29-20-9-8-16(10-18(20)23)21(27)28-4/h5-10,12H,11H2,1-4H3. The van der Waals surface area contributed by atoms with Gasteiger partial charge in [-0.15, -0.1) is 11.3 Å². The Hall–Kier alpha value is -2.90. The number of halogens is 1. The fraction of sp³-hybridized carbons (Fsp3) is 0.227. The van der Waals surface area contributed by atoms with Gasteiger partial charge in [0.25, 0.3) is 0 Å². The van der Waals surface area contributed by atoms with Gasteiger partial charge < -0.3 is 9.47 Å². The van der Waals surface area contributed by atoms with Crippen LogP contribution in [0, 0.1) is 13.8 Å². The van der Waals surface area contributed by atoms with E-state index < -0.39 is 5.97 Å². The highest BCUT2D eigenvalue weighted by Crippen LogP contribution is 2.33. The lowest BCUT2D eigenvalue weighted by Crippen LogP contribution is -2.23. The van der Waals surface area contributed by atoms with Crippen LogP contribution in [0.5, 0.6) is 5.75 Å². The van der Waals surface area contributed by atoms with Crippen molar-refractivity contribution in [1.29, 1.82) is 0 Å². The van der Waals surface area contributed by atoms with E-state index in [1.807, 2.05) is 37.4 Å². The highest BCUT2D eigenvalue weighted by atomic mass is 35.5. The summed E-state index contributed by atoms with van der Waals surface area (Å²) in [4.78, 5) is 30.1. The SMILES string of the molecule is COC(=O)c1ccc(OCc2csc(N(C(C)=O)c3cccc(C)c3C)n2)c(Cl)c1. The van der Waals surface area contributed by atoms with E-state index in [-0.39, 0.29) is 12.5 Å². The van der Waals surface area contributed by atoms with Gasteiger partial charge in [-0.25, -0.2) is 9.78 Å². The fourth-order valence-electron chi connectivity index (χ4n) is 2.86. The summed E-state index contributed by atoms with van der Waals surface area (Å²) in [6.07, 6.45) is 0. The number of benzene rings is 2. The van der Waals surface area contributed by atoms with Crippen molar-refractivity contribution in [3.8, 4) is 5.75 Å². The van der Waals surface area contributed by atoms with Crippen molar-refractivity contribution in [3.05, 3.63) is 69.2 Å². The number of carbonyl (C=O) groups excluding carboxylic acids is 2. The number of nitrogens with zero attached hydrogens (tertiary/aromatic N) is 2. The van der Waals surface area contributed by atoms with Gasteiger partial charge in [-0.2, -0.15) is 0 Å². The fourth-order valence-corrected chi connectivity index (χ4v) is 3.96. The molecule has 0 spiro atoms. The van der Waals surface area contributed by atoms with Gasteiger partial charge in [0.05, 0.1) is 29.1 Å². The topological polar surface area (TPSA) is 68.7 Å². The number of esters is 1. The number of hydrogen-bond acceptors (Lipinski definition) is 6. The van der Waals surface area contributed by atoms with Crippen LogP contribution in [0.25, 0.3) is 0 Å². The second-order valence-electron chi connectivity index (χ2n) is 6.62. The van der Waals surface area contributed by atoms with Crippen molar-refractivity contribution in [3.63, 3.8) is 0 Å². The normalized spacial score (nSPS) is 10.6. The lowest BCUT2D eigenvalue weighted by Gasteiger charge is -2.21. The first-order valence-corrected chi connectivity index (χ1v) is 10.4. The molecule has 1 amide bonds. The molecular weight excluding hydrogens is 424 g/mol. The van der Waals surface area contributed by atoms with E-state index in [1.165, 1.54) is 31.4 Å². The maximum Gasteiger partial charge on any atom is 0.337 e. The first-order chi connectivity index (χ1) is 14.3. The maximum absolute atomic E-state index is 12.4. The van der Waals surface area contributed by atoms with Gasteiger partial charge in [0.1, 0.15) is 12.4 Å². The first kappa shape index (κ1) is 21.8. The number of rotatable bonds is 6. The second kappa shape index (κ2) is 9.28. The number of hydrogen-bond donors (Lipinski definition) is 0. The van der Waals surface area contributed by atoms with E-state index in [2.05, 4.69) is 9.72 Å². The average molecular weight is 445 g/mol. The Balaban J connectivity index is 1.78. The Labute approximate surface area is 184 Å². The van der Waals surface area contributed by atoms with E-state index in [0.29, 0.717) is 27.2 Å². The number of aryl methyl sites for hydroxylation is 1. The van der Waals surface area contributed by atoms with E-state index in [0.717, 1.165) is 16.8 Å². The van der Waals surface area contributed by atoms with Gasteiger partial charge in [0.15, 0.2) is 5.13 Å². The molecule has 0 aliphatic carbocycles. The molecule has 0 saturated carbocycles. The number of carbonyl (C=O) groups is 2. The van der Waals surface area contributed by atoms with Crippen molar-refractivity contribution < 1.29 is 19.1 Å². The van der Waals surface area contributed by atoms with Crippen LogP contribution in [0.4, 0.5) is 10.8 Å². The molecule has 3 rings (SSSR count). The number of thiazole rings is 1. The van der Waals surface area contributed by atoms with Crippen molar-refractivity contribution in [2.75, 3.05) is 12.0 Å². The molecule has 2 aromatic carbocycles. The summed E-state index contributed by atoms with van der Waals surface area (Å²) in [5.41, 5.74) is 3.95. The molecular formula is C22H21ClN2O4S. The van der Waals surface area contributed by atoms with Crippen LogP contribution >= 0.6 is 22.9 Å². The Morgan fingerprint density at radius 1 is 1.20 bits per heavy atom. The van der Waals surface area contributed by atoms with Crippen LogP contribution in [0.2, 0.25) is 5.02 Å². The van der Waals surface area contributed by atoms with Gasteiger partial charge in [-0.05, 0) is 49.2 Å². The molecule has 0 N–H and O–H groups in total. The quantitative estimate of drug-likeness (QED) is 0.472. The molecule has 0 fully saturated rings. The minimum Gasteiger partial charge on any atom is -0.486 e. The lowest BCUT2D eigenvalue weighted by molar-refractivity contribution is -0.115. The second-order valence-corrected chi connectivity index (χ2v) is 7.86. The van der Waals surface area contributed by atoms with Crippen molar-refractivity contribution in [2.45, 2.75) is 27.4 Å². The first-order valence-electron chi connectivity index (χ1n) is 9.13. The number of anilines is 2. The highest BCUT2D eigenvalue weighted by Gasteiger charge is 2.20. The molecule has 1 heterocycles. The van der Waals surface area contributed by atoms with Crippen LogP contribution in [0.15, 0.2) is 41.8 Å². The largest absolute Gasteiger partial charge is 0.486 e. The summed E-state index contributed by atoms with van der Waals surface area (Å²) in [6.45, 7) is 5.68. The van der Waals surface area contributed by atoms with Gasteiger partial charge >= 0.3 is 5.97 Å². The number of aromatic nitrogens is 1. The zero-order valence-corrected chi connectivity index (χ0v) is 18.6. The van der Waals surface area contributed by atoms with E-state index in [4.69, 9.17) is 16.3 Å². The molecule has 3 aromatic rings. The van der Waals surface area contributed by atoms with Crippen LogP contribution in [-0.2, 0) is 16.1 Å².